The van der Waals surface area contributed by atoms with Crippen LogP contribution in [-0.4, -0.2) is 8.07 Å². The van der Waals surface area contributed by atoms with Crippen LogP contribution in [0.2, 0.25) is 0 Å². The summed E-state index contributed by atoms with van der Waals surface area (Å²) in [5.41, 5.74) is 12.6. The van der Waals surface area contributed by atoms with Crippen LogP contribution in [0.3, 0.4) is 0 Å². The van der Waals surface area contributed by atoms with Crippen molar-refractivity contribution < 1.29 is 58.9 Å². The Labute approximate surface area is 443 Å². The molecule has 0 nitrogen and oxygen atoms in total. The van der Waals surface area contributed by atoms with Gasteiger partial charge in [0.2, 0.25) is 0 Å². The van der Waals surface area contributed by atoms with Crippen molar-refractivity contribution in [1.82, 2.24) is 0 Å². The minimum atomic E-state index is -2.85. The summed E-state index contributed by atoms with van der Waals surface area (Å²) in [5, 5.41) is 6.66. The normalized spacial score (nSPS) is 11.2. The van der Waals surface area contributed by atoms with E-state index in [0.29, 0.717) is 0 Å². The van der Waals surface area contributed by atoms with E-state index >= 15 is 0 Å². The molecule has 0 N–H and O–H groups in total. The molecular formula is C61H95Cl3SiTi. The smallest absolute Gasteiger partial charge is 1.00 e. The van der Waals surface area contributed by atoms with Crippen molar-refractivity contribution in [3.05, 3.63) is 111 Å². The predicted octanol–water partition coefficient (Wildman–Crippen LogP) is 7.15. The van der Waals surface area contributed by atoms with E-state index in [-0.39, 0.29) is 58.9 Å². The molecule has 0 aromatic heterocycles. The number of halogens is 3. The first-order valence-corrected chi connectivity index (χ1v) is 29.0. The average molecular weight is 1010 g/mol. The third-order valence-electron chi connectivity index (χ3n) is 14.1. The molecule has 5 heteroatoms. The van der Waals surface area contributed by atoms with Gasteiger partial charge in [-0.05, 0) is 110 Å². The van der Waals surface area contributed by atoms with Crippen molar-refractivity contribution in [1.29, 1.82) is 0 Å². The maximum absolute atomic E-state index is 2.85. The van der Waals surface area contributed by atoms with Gasteiger partial charge in [0.25, 0.3) is 0 Å². The summed E-state index contributed by atoms with van der Waals surface area (Å²) in [4.78, 5) is 0. The molecule has 66 heavy (non-hydrogen) atoms. The Morgan fingerprint density at radius 2 is 0.500 bits per heavy atom. The van der Waals surface area contributed by atoms with E-state index in [1.54, 1.807) is 54.1 Å². The van der Waals surface area contributed by atoms with Crippen LogP contribution in [0.1, 0.15) is 240 Å². The molecule has 4 aromatic rings. The molecule has 0 fully saturated rings. The van der Waals surface area contributed by atoms with Gasteiger partial charge < -0.3 is 37.2 Å². The van der Waals surface area contributed by atoms with Crippen LogP contribution in [0.4, 0.5) is 0 Å². The first-order chi connectivity index (χ1) is 30.3. The van der Waals surface area contributed by atoms with E-state index in [4.69, 9.17) is 0 Å². The van der Waals surface area contributed by atoms with Crippen molar-refractivity contribution >= 4 is 28.8 Å². The van der Waals surface area contributed by atoms with Crippen molar-refractivity contribution in [3.8, 4) is 0 Å². The fourth-order valence-corrected chi connectivity index (χ4v) is 16.2. The second kappa shape index (κ2) is 37.6. The summed E-state index contributed by atoms with van der Waals surface area (Å²) in [6.45, 7) is 19.0. The molecule has 0 atom stereocenters. The predicted molar refractivity (Wildman–Crippen MR) is 282 cm³/mol. The fraction of sp³-hybridized carbons (Fsp3) is 0.623. The molecule has 0 heterocycles. The summed E-state index contributed by atoms with van der Waals surface area (Å²) in [5.74, 6) is 0. The zero-order chi connectivity index (χ0) is 44.4. The maximum atomic E-state index is 2.78. The summed E-state index contributed by atoms with van der Waals surface area (Å²) in [7, 11) is -2.85. The number of aryl methyl sites for hydroxylation is 8. The van der Waals surface area contributed by atoms with Gasteiger partial charge in [0, 0.05) is 0 Å². The van der Waals surface area contributed by atoms with Gasteiger partial charge in [-0.3, -0.25) is 0 Å². The molecule has 4 aromatic carbocycles. The zero-order valence-electron chi connectivity index (χ0n) is 43.7. The van der Waals surface area contributed by atoms with Crippen LogP contribution in [0, 0.1) is 13.8 Å². The molecular weight excluding hydrogens is 915 g/mol. The van der Waals surface area contributed by atoms with Crippen molar-refractivity contribution in [2.75, 3.05) is 0 Å². The van der Waals surface area contributed by atoms with Crippen LogP contribution >= 0.6 is 0 Å². The number of rotatable bonds is 34. The number of benzene rings is 3. The summed E-state index contributed by atoms with van der Waals surface area (Å²) >= 11 is 0. The standard InChI is InChI=1S/C61H95Si.3ClH.Ti/c1-9-15-21-27-33-52-41-53(34-28-22-16-10-2)45-58(44-52)62(61-50(7)39-40-51(61)8,59-46-54(35-29-23-17-11-3)42-55(47-59)36-30-24-18-12-4)60-48-56(37-31-25-19-13-5)43-57(49-60)38-32-26-20-14-6;;;;/h39-49H,9-38H2,1-8H3;3*1H;/q-1;;;;+4/p-3. The molecule has 368 valence electrons. The SMILES string of the molecule is CCCCCCc1cc(CCCCCC)cc([Si](c2cc(CCCCCC)cc(CCCCCC)c2)(c2cc(CCCCCC)cc(CCCCCC)c2)[c-]2c(C)ccc2C)c1.[Cl-].[Cl-].[Cl-].[Ti+4]. The molecule has 0 radical (unpaired) electrons. The summed E-state index contributed by atoms with van der Waals surface area (Å²) in [6.07, 6.45) is 38.7. The van der Waals surface area contributed by atoms with Crippen LogP contribution in [0.15, 0.2) is 66.7 Å². The van der Waals surface area contributed by atoms with Gasteiger partial charge in [-0.15, -0.1) is 5.19 Å². The number of hydrogen-bond acceptors (Lipinski definition) is 0. The Hall–Kier alpha value is -1.19. The molecule has 0 spiro atoms. The van der Waals surface area contributed by atoms with Crippen molar-refractivity contribution in [2.45, 2.75) is 248 Å². The molecule has 0 unspecified atom stereocenters. The second-order valence-electron chi connectivity index (χ2n) is 19.8. The van der Waals surface area contributed by atoms with E-state index in [9.17, 15) is 0 Å². The number of unbranched alkanes of at least 4 members (excludes halogenated alkanes) is 18. The van der Waals surface area contributed by atoms with E-state index in [0.717, 1.165) is 0 Å². The molecule has 0 bridgehead atoms. The molecule has 0 saturated carbocycles. The van der Waals surface area contributed by atoms with Gasteiger partial charge in [-0.2, -0.15) is 11.1 Å². The molecule has 0 aliphatic carbocycles. The Bertz CT molecular complexity index is 1540. The van der Waals surface area contributed by atoms with Crippen LogP contribution in [0.25, 0.3) is 0 Å². The first kappa shape index (κ1) is 64.8. The molecule has 0 aliphatic heterocycles. The maximum Gasteiger partial charge on any atom is 4.00 e. The summed E-state index contributed by atoms with van der Waals surface area (Å²) < 4.78 is 0. The Morgan fingerprint density at radius 1 is 0.303 bits per heavy atom. The van der Waals surface area contributed by atoms with Gasteiger partial charge >= 0.3 is 21.7 Å². The van der Waals surface area contributed by atoms with E-state index < -0.39 is 8.07 Å². The largest absolute Gasteiger partial charge is 4.00 e. The molecule has 0 amide bonds. The van der Waals surface area contributed by atoms with Crippen LogP contribution in [0.5, 0.6) is 0 Å². The number of hydrogen-bond donors (Lipinski definition) is 0. The van der Waals surface area contributed by atoms with Crippen molar-refractivity contribution in [2.24, 2.45) is 0 Å². The Balaban J connectivity index is 0.0000106. The minimum absolute atomic E-state index is 0. The van der Waals surface area contributed by atoms with E-state index in [1.807, 2.05) is 0 Å². The van der Waals surface area contributed by atoms with Crippen molar-refractivity contribution in [3.63, 3.8) is 0 Å². The topological polar surface area (TPSA) is 0 Å². The van der Waals surface area contributed by atoms with E-state index in [2.05, 4.69) is 122 Å². The van der Waals surface area contributed by atoms with Gasteiger partial charge in [-0.1, -0.05) is 241 Å². The monoisotopic (exact) mass is 1010 g/mol. The zero-order valence-corrected chi connectivity index (χ0v) is 48.5. The molecule has 0 saturated heterocycles. The van der Waals surface area contributed by atoms with Crippen LogP contribution < -0.4 is 58.0 Å². The first-order valence-electron chi connectivity index (χ1n) is 27.0. The quantitative estimate of drug-likeness (QED) is 0.0202. The minimum Gasteiger partial charge on any atom is -1.00 e. The average Bonchev–Trinajstić information content (AvgIpc) is 3.61. The van der Waals surface area contributed by atoms with Gasteiger partial charge in [0.15, 0.2) is 0 Å². The third kappa shape index (κ3) is 20.6. The Kier molecular flexibility index (Phi) is 36.9. The second-order valence-corrected chi connectivity index (χ2v) is 23.5. The van der Waals surface area contributed by atoms with E-state index in [1.165, 1.54) is 204 Å². The van der Waals surface area contributed by atoms with Gasteiger partial charge in [0.05, 0.1) is 0 Å². The van der Waals surface area contributed by atoms with Gasteiger partial charge in [0.1, 0.15) is 8.07 Å². The van der Waals surface area contributed by atoms with Crippen LogP contribution in [-0.2, 0) is 60.2 Å². The molecule has 0 aliphatic rings. The molecule has 4 rings (SSSR count). The Morgan fingerprint density at radius 3 is 0.682 bits per heavy atom. The fourth-order valence-electron chi connectivity index (χ4n) is 10.6. The third-order valence-corrected chi connectivity index (χ3v) is 19.1. The van der Waals surface area contributed by atoms with Gasteiger partial charge in [-0.25, -0.2) is 12.1 Å². The summed E-state index contributed by atoms with van der Waals surface area (Å²) in [6, 6.07) is 29.6.